The third kappa shape index (κ3) is 5.68. The molecule has 7 heteroatoms. The van der Waals surface area contributed by atoms with Crippen molar-refractivity contribution in [2.24, 2.45) is 0 Å². The first kappa shape index (κ1) is 17.3. The van der Waals surface area contributed by atoms with E-state index in [9.17, 15) is 12.8 Å². The van der Waals surface area contributed by atoms with E-state index in [2.05, 4.69) is 11.0 Å². The smallest absolute Gasteiger partial charge is 0.243 e. The summed E-state index contributed by atoms with van der Waals surface area (Å²) in [6.45, 7) is 0.325. The van der Waals surface area contributed by atoms with Crippen LogP contribution in [0, 0.1) is 5.82 Å². The molecule has 0 spiro atoms. The summed E-state index contributed by atoms with van der Waals surface area (Å²) in [6.07, 6.45) is 6.01. The molecular weight excluding hydrogens is 299 g/mol. The van der Waals surface area contributed by atoms with Crippen molar-refractivity contribution in [3.05, 3.63) is 24.0 Å². The molecule has 0 amide bonds. The quantitative estimate of drug-likeness (QED) is 0.542. The molecule has 0 fully saturated rings. The number of anilines is 1. The van der Waals surface area contributed by atoms with Crippen LogP contribution >= 0.6 is 11.8 Å². The Morgan fingerprint density at radius 2 is 1.95 bits per heavy atom. The molecule has 1 rings (SSSR count). The summed E-state index contributed by atoms with van der Waals surface area (Å²) in [4.78, 5) is -0.353. The molecule has 1 aromatic carbocycles. The maximum Gasteiger partial charge on any atom is 0.243 e. The average Bonchev–Trinajstić information content (AvgIpc) is 2.37. The molecule has 0 unspecified atom stereocenters. The summed E-state index contributed by atoms with van der Waals surface area (Å²) < 4.78 is 39.8. The van der Waals surface area contributed by atoms with Crippen molar-refractivity contribution in [2.75, 3.05) is 24.3 Å². The largest absolute Gasteiger partial charge is 0.399 e. The van der Waals surface area contributed by atoms with E-state index in [1.54, 1.807) is 11.8 Å². The second kappa shape index (κ2) is 8.49. The van der Waals surface area contributed by atoms with Crippen LogP contribution in [-0.2, 0) is 10.0 Å². The van der Waals surface area contributed by atoms with Crippen molar-refractivity contribution in [3.63, 3.8) is 0 Å². The van der Waals surface area contributed by atoms with Gasteiger partial charge >= 0.3 is 0 Å². The highest BCUT2D eigenvalue weighted by Gasteiger charge is 2.18. The van der Waals surface area contributed by atoms with Crippen molar-refractivity contribution in [2.45, 2.75) is 30.6 Å². The van der Waals surface area contributed by atoms with Gasteiger partial charge in [-0.15, -0.1) is 0 Å². The van der Waals surface area contributed by atoms with Crippen LogP contribution in [0.3, 0.4) is 0 Å². The van der Waals surface area contributed by atoms with Gasteiger partial charge in [-0.2, -0.15) is 11.8 Å². The lowest BCUT2D eigenvalue weighted by Gasteiger charge is -2.08. The van der Waals surface area contributed by atoms with Gasteiger partial charge in [-0.25, -0.2) is 17.5 Å². The first-order valence-electron chi connectivity index (χ1n) is 6.51. The molecule has 0 saturated carbocycles. The number of benzene rings is 1. The normalized spacial score (nSPS) is 11.7. The van der Waals surface area contributed by atoms with Crippen LogP contribution in [0.15, 0.2) is 23.1 Å². The summed E-state index contributed by atoms with van der Waals surface area (Å²) in [7, 11) is -3.79. The number of sulfonamides is 1. The number of hydrogen-bond donors (Lipinski definition) is 2. The maximum absolute atomic E-state index is 13.6. The highest BCUT2D eigenvalue weighted by atomic mass is 32.2. The Balaban J connectivity index is 2.42. The first-order valence-corrected chi connectivity index (χ1v) is 9.38. The van der Waals surface area contributed by atoms with Crippen LogP contribution < -0.4 is 10.5 Å². The predicted octanol–water partition coefficient (Wildman–Crippen LogP) is 2.61. The SMILES string of the molecule is CSCCCCCCNS(=O)(=O)c1ccc(N)cc1F. The van der Waals surface area contributed by atoms with Gasteiger partial charge in [0.1, 0.15) is 10.7 Å². The monoisotopic (exact) mass is 320 g/mol. The number of halogens is 1. The van der Waals surface area contributed by atoms with Crippen LogP contribution in [-0.4, -0.2) is 27.0 Å². The molecule has 0 aliphatic carbocycles. The van der Waals surface area contributed by atoms with Crippen molar-refractivity contribution in [1.29, 1.82) is 0 Å². The molecule has 0 aliphatic heterocycles. The van der Waals surface area contributed by atoms with E-state index in [0.717, 1.165) is 37.5 Å². The first-order chi connectivity index (χ1) is 9.47. The Labute approximate surface area is 124 Å². The van der Waals surface area contributed by atoms with Gasteiger partial charge in [0.05, 0.1) is 0 Å². The Morgan fingerprint density at radius 3 is 2.60 bits per heavy atom. The lowest BCUT2D eigenvalue weighted by molar-refractivity contribution is 0.553. The maximum atomic E-state index is 13.6. The van der Waals surface area contributed by atoms with E-state index < -0.39 is 15.8 Å². The Morgan fingerprint density at radius 1 is 1.25 bits per heavy atom. The van der Waals surface area contributed by atoms with Crippen LogP contribution in [0.25, 0.3) is 0 Å². The van der Waals surface area contributed by atoms with Gasteiger partial charge in [-0.3, -0.25) is 0 Å². The fourth-order valence-electron chi connectivity index (χ4n) is 1.74. The number of rotatable bonds is 9. The zero-order valence-corrected chi connectivity index (χ0v) is 13.2. The number of thioether (sulfide) groups is 1. The zero-order chi connectivity index (χ0) is 15.0. The van der Waals surface area contributed by atoms with Crippen molar-refractivity contribution < 1.29 is 12.8 Å². The molecule has 0 aromatic heterocycles. The third-order valence-electron chi connectivity index (χ3n) is 2.81. The molecule has 0 aliphatic rings. The Kier molecular flexibility index (Phi) is 7.32. The van der Waals surface area contributed by atoms with E-state index in [1.807, 2.05) is 0 Å². The molecule has 0 bridgehead atoms. The lowest BCUT2D eigenvalue weighted by Crippen LogP contribution is -2.25. The molecule has 0 heterocycles. The molecular formula is C13H21FN2O2S2. The fraction of sp³-hybridized carbons (Fsp3) is 0.538. The zero-order valence-electron chi connectivity index (χ0n) is 11.6. The lowest BCUT2D eigenvalue weighted by atomic mass is 10.2. The van der Waals surface area contributed by atoms with E-state index in [1.165, 1.54) is 12.1 Å². The van der Waals surface area contributed by atoms with E-state index in [0.29, 0.717) is 6.54 Å². The molecule has 0 radical (unpaired) electrons. The van der Waals surface area contributed by atoms with Crippen molar-refractivity contribution >= 4 is 27.5 Å². The second-order valence-corrected chi connectivity index (χ2v) is 7.22. The van der Waals surface area contributed by atoms with Gasteiger partial charge in [0, 0.05) is 12.2 Å². The Hall–Kier alpha value is -0.790. The van der Waals surface area contributed by atoms with Gasteiger partial charge in [-0.05, 0) is 43.0 Å². The molecule has 0 atom stereocenters. The highest BCUT2D eigenvalue weighted by molar-refractivity contribution is 7.98. The van der Waals surface area contributed by atoms with E-state index in [4.69, 9.17) is 5.73 Å². The van der Waals surface area contributed by atoms with E-state index >= 15 is 0 Å². The molecule has 114 valence electrons. The summed E-state index contributed by atoms with van der Waals surface area (Å²) in [5.41, 5.74) is 5.60. The van der Waals surface area contributed by atoms with Gasteiger partial charge < -0.3 is 5.73 Å². The number of unbranched alkanes of at least 4 members (excludes halogenated alkanes) is 3. The van der Waals surface area contributed by atoms with Crippen LogP contribution in [0.1, 0.15) is 25.7 Å². The summed E-state index contributed by atoms with van der Waals surface area (Å²) in [5.74, 6) is 0.306. The van der Waals surface area contributed by atoms with Crippen LogP contribution in [0.5, 0.6) is 0 Å². The third-order valence-corrected chi connectivity index (χ3v) is 5.00. The molecule has 4 nitrogen and oxygen atoms in total. The number of hydrogen-bond acceptors (Lipinski definition) is 4. The number of nitrogens with two attached hydrogens (primary N) is 1. The van der Waals surface area contributed by atoms with Crippen molar-refractivity contribution in [1.82, 2.24) is 4.72 Å². The number of nitrogens with one attached hydrogen (secondary N) is 1. The standard InChI is InChI=1S/C13H21FN2O2S2/c1-19-9-5-3-2-4-8-16-20(17,18)13-7-6-11(15)10-12(13)14/h6-7,10,16H,2-5,8-9,15H2,1H3. The van der Waals surface area contributed by atoms with Gasteiger partial charge in [0.25, 0.3) is 0 Å². The topological polar surface area (TPSA) is 72.2 Å². The van der Waals surface area contributed by atoms with Crippen LogP contribution in [0.2, 0.25) is 0 Å². The van der Waals surface area contributed by atoms with Crippen molar-refractivity contribution in [3.8, 4) is 0 Å². The molecule has 20 heavy (non-hydrogen) atoms. The highest BCUT2D eigenvalue weighted by Crippen LogP contribution is 2.17. The average molecular weight is 320 g/mol. The summed E-state index contributed by atoms with van der Waals surface area (Å²) in [5, 5.41) is 0. The Bertz CT molecular complexity index is 521. The second-order valence-electron chi connectivity index (χ2n) is 4.49. The summed E-state index contributed by atoms with van der Waals surface area (Å²) >= 11 is 1.81. The van der Waals surface area contributed by atoms with Gasteiger partial charge in [0.2, 0.25) is 10.0 Å². The predicted molar refractivity (Wildman–Crippen MR) is 82.9 cm³/mol. The minimum absolute atomic E-state index is 0.204. The molecule has 3 N–H and O–H groups in total. The fourth-order valence-corrected chi connectivity index (χ4v) is 3.37. The number of nitrogen functional groups attached to an aromatic ring is 1. The minimum atomic E-state index is -3.79. The van der Waals surface area contributed by atoms with E-state index in [-0.39, 0.29) is 10.6 Å². The minimum Gasteiger partial charge on any atom is -0.399 e. The van der Waals surface area contributed by atoms with Gasteiger partial charge in [-0.1, -0.05) is 12.8 Å². The molecule has 1 aromatic rings. The van der Waals surface area contributed by atoms with Gasteiger partial charge in [0.15, 0.2) is 0 Å². The molecule has 0 saturated heterocycles. The summed E-state index contributed by atoms with van der Waals surface area (Å²) in [6, 6.07) is 3.57. The van der Waals surface area contributed by atoms with Crippen LogP contribution in [0.4, 0.5) is 10.1 Å².